The number of hydrogen-bond acceptors (Lipinski definition) is 2. The van der Waals surface area contributed by atoms with E-state index in [-0.39, 0.29) is 19.5 Å². The summed E-state index contributed by atoms with van der Waals surface area (Å²) in [7, 11) is 0. The predicted molar refractivity (Wildman–Crippen MR) is 44.4 cm³/mol. The molecule has 0 bridgehead atoms. The predicted octanol–water partition coefficient (Wildman–Crippen LogP) is 0.936. The fraction of sp³-hybridized carbons (Fsp3) is 0.875. The summed E-state index contributed by atoms with van der Waals surface area (Å²) >= 11 is 0. The first kappa shape index (κ1) is 8.53. The van der Waals surface area contributed by atoms with Crippen molar-refractivity contribution in [3.05, 3.63) is 0 Å². The molecule has 0 aliphatic carbocycles. The van der Waals surface area contributed by atoms with Crippen molar-refractivity contribution in [2.24, 2.45) is 0 Å². The van der Waals surface area contributed by atoms with Crippen LogP contribution in [0.2, 0.25) is 0 Å². The van der Waals surface area contributed by atoms with Crippen LogP contribution < -0.4 is 5.32 Å². The number of nitrogens with one attached hydrogen (secondary N) is 1. The van der Waals surface area contributed by atoms with Crippen molar-refractivity contribution in [3.8, 4) is 0 Å². The van der Waals surface area contributed by atoms with Gasteiger partial charge in [0.15, 0.2) is 0 Å². The van der Waals surface area contributed by atoms with Gasteiger partial charge in [0, 0.05) is 7.85 Å². The van der Waals surface area contributed by atoms with Crippen LogP contribution in [0.25, 0.3) is 0 Å². The maximum Gasteiger partial charge on any atom is 0.220 e. The minimum atomic E-state index is 0. The Hall–Kier alpha value is -0.570. The summed E-state index contributed by atoms with van der Waals surface area (Å²) in [6.07, 6.45) is 1.84. The van der Waals surface area contributed by atoms with Gasteiger partial charge in [0.25, 0.3) is 0 Å². The summed E-state index contributed by atoms with van der Waals surface area (Å²) < 4.78 is 5.36. The van der Waals surface area contributed by atoms with Crippen molar-refractivity contribution in [2.45, 2.75) is 38.8 Å². The van der Waals surface area contributed by atoms with Gasteiger partial charge >= 0.3 is 0 Å². The van der Waals surface area contributed by atoms with Crippen LogP contribution in [0.3, 0.4) is 0 Å². The highest BCUT2D eigenvalue weighted by Gasteiger charge is 2.20. The van der Waals surface area contributed by atoms with Crippen LogP contribution in [0.5, 0.6) is 0 Å². The van der Waals surface area contributed by atoms with Crippen molar-refractivity contribution in [2.75, 3.05) is 6.61 Å². The largest absolute Gasteiger partial charge is 0.377 e. The molecular weight excluding hydrogens is 142 g/mol. The molecule has 1 amide bonds. The zero-order chi connectivity index (χ0) is 8.27. The average Bonchev–Trinajstić information content (AvgIpc) is 2.31. The number of carbonyl (C=O) groups is 1. The molecule has 3 heteroatoms. The van der Waals surface area contributed by atoms with Gasteiger partial charge < -0.3 is 10.1 Å². The van der Waals surface area contributed by atoms with E-state index in [9.17, 15) is 4.79 Å². The summed E-state index contributed by atoms with van der Waals surface area (Å²) in [6.45, 7) is 4.65. The van der Waals surface area contributed by atoms with E-state index in [0.29, 0.717) is 13.0 Å². The first-order valence-electron chi connectivity index (χ1n) is 4.09. The average molecular weight is 159 g/mol. The van der Waals surface area contributed by atoms with Crippen molar-refractivity contribution in [3.63, 3.8) is 0 Å². The molecule has 0 spiro atoms. The van der Waals surface area contributed by atoms with E-state index < -0.39 is 0 Å². The Balaban J connectivity index is 0.00000121. The van der Waals surface area contributed by atoms with Gasteiger partial charge in [0.2, 0.25) is 5.91 Å². The molecule has 1 aliphatic rings. The maximum absolute atomic E-state index is 10.7. The number of hydrogen-bond donors (Lipinski definition) is 1. The van der Waals surface area contributed by atoms with E-state index >= 15 is 0 Å². The second-order valence-electron chi connectivity index (χ2n) is 3.19. The van der Waals surface area contributed by atoms with Gasteiger partial charge in [0.1, 0.15) is 0 Å². The first-order valence-corrected chi connectivity index (χ1v) is 4.09. The molecule has 1 fully saturated rings. The zero-order valence-electron chi connectivity index (χ0n) is 7.09. The lowest BCUT2D eigenvalue weighted by Crippen LogP contribution is -2.30. The van der Waals surface area contributed by atoms with Gasteiger partial charge in [-0.3, -0.25) is 4.79 Å². The summed E-state index contributed by atoms with van der Waals surface area (Å²) in [5.41, 5.74) is 0. The van der Waals surface area contributed by atoms with Gasteiger partial charge in [-0.05, 0) is 20.3 Å². The molecule has 1 heterocycles. The molecule has 11 heavy (non-hydrogen) atoms. The van der Waals surface area contributed by atoms with Crippen LogP contribution in [0.1, 0.15) is 28.1 Å². The third-order valence-electron chi connectivity index (χ3n) is 1.72. The summed E-state index contributed by atoms with van der Waals surface area (Å²) in [6, 6.07) is 0.255. The minimum absolute atomic E-state index is 0. The van der Waals surface area contributed by atoms with Crippen LogP contribution in [0.15, 0.2) is 0 Å². The van der Waals surface area contributed by atoms with E-state index in [0.717, 1.165) is 6.42 Å². The molecule has 66 valence electrons. The third kappa shape index (κ3) is 2.89. The number of amides is 1. The highest BCUT2D eigenvalue weighted by molar-refractivity contribution is 5.78. The molecule has 3 nitrogen and oxygen atoms in total. The molecule has 1 atom stereocenters. The lowest BCUT2D eigenvalue weighted by atomic mass is 10.2. The molecule has 0 aromatic carbocycles. The van der Waals surface area contributed by atoms with Crippen LogP contribution in [-0.2, 0) is 9.53 Å². The van der Waals surface area contributed by atoms with Crippen LogP contribution in [0, 0.1) is 0 Å². The van der Waals surface area contributed by atoms with E-state index in [1.54, 1.807) is 0 Å². The Labute approximate surface area is 68.6 Å². The quantitative estimate of drug-likeness (QED) is 0.665. The van der Waals surface area contributed by atoms with Crippen molar-refractivity contribution >= 4 is 5.91 Å². The van der Waals surface area contributed by atoms with Gasteiger partial charge in [0.05, 0.1) is 18.8 Å². The summed E-state index contributed by atoms with van der Waals surface area (Å²) in [5.74, 6) is 0.155. The number of carbonyl (C=O) groups excluding carboxylic acids is 1. The molecule has 0 radical (unpaired) electrons. The minimum Gasteiger partial charge on any atom is -0.377 e. The van der Waals surface area contributed by atoms with E-state index in [2.05, 4.69) is 5.32 Å². The summed E-state index contributed by atoms with van der Waals surface area (Å²) in [4.78, 5) is 10.7. The topological polar surface area (TPSA) is 38.3 Å². The highest BCUT2D eigenvalue weighted by atomic mass is 16.5. The Morgan fingerprint density at radius 2 is 2.55 bits per heavy atom. The van der Waals surface area contributed by atoms with Gasteiger partial charge in [-0.1, -0.05) is 0 Å². The third-order valence-corrected chi connectivity index (χ3v) is 1.72. The normalized spacial score (nSPS) is 24.3. The van der Waals surface area contributed by atoms with Crippen molar-refractivity contribution < 1.29 is 11.0 Å². The Morgan fingerprint density at radius 1 is 1.82 bits per heavy atom. The second-order valence-corrected chi connectivity index (χ2v) is 3.19. The Morgan fingerprint density at radius 3 is 3.00 bits per heavy atom. The Bertz CT molecular complexity index is 150. The standard InChI is InChI=1S/C8H15NO2.H2/c1-6(2)11-5-7-3-4-8(10)9-7;/h6-7H,3-5H2,1-2H3,(H,9,10);1H/t7-;/m1./s1. The molecule has 1 N–H and O–H groups in total. The van der Waals surface area contributed by atoms with Crippen LogP contribution in [0.4, 0.5) is 0 Å². The van der Waals surface area contributed by atoms with Crippen LogP contribution in [-0.4, -0.2) is 24.7 Å². The molecule has 1 aliphatic heterocycles. The van der Waals surface area contributed by atoms with Gasteiger partial charge in [-0.25, -0.2) is 0 Å². The highest BCUT2D eigenvalue weighted by Crippen LogP contribution is 2.07. The summed E-state index contributed by atoms with van der Waals surface area (Å²) in [5, 5.41) is 2.85. The number of ether oxygens (including phenoxy) is 1. The fourth-order valence-electron chi connectivity index (χ4n) is 1.11. The van der Waals surface area contributed by atoms with E-state index in [1.807, 2.05) is 13.8 Å². The maximum atomic E-state index is 10.7. The first-order chi connectivity index (χ1) is 5.18. The van der Waals surface area contributed by atoms with Crippen molar-refractivity contribution in [1.29, 1.82) is 0 Å². The smallest absolute Gasteiger partial charge is 0.220 e. The monoisotopic (exact) mass is 159 g/mol. The molecule has 0 aromatic rings. The molecule has 0 aromatic heterocycles. The molecule has 1 rings (SSSR count). The number of rotatable bonds is 3. The Kier molecular flexibility index (Phi) is 2.88. The second kappa shape index (κ2) is 3.72. The SMILES string of the molecule is CC(C)OC[C@H]1CCC(=O)N1.[HH]. The molecule has 0 unspecified atom stereocenters. The van der Waals surface area contributed by atoms with Gasteiger partial charge in [-0.15, -0.1) is 0 Å². The van der Waals surface area contributed by atoms with Gasteiger partial charge in [-0.2, -0.15) is 0 Å². The van der Waals surface area contributed by atoms with Crippen LogP contribution >= 0.6 is 0 Å². The lowest BCUT2D eigenvalue weighted by Gasteiger charge is -2.12. The molecule has 0 saturated carbocycles. The zero-order valence-corrected chi connectivity index (χ0v) is 7.09. The van der Waals surface area contributed by atoms with E-state index in [4.69, 9.17) is 4.74 Å². The molecule has 1 saturated heterocycles. The fourth-order valence-corrected chi connectivity index (χ4v) is 1.11. The van der Waals surface area contributed by atoms with E-state index in [1.165, 1.54) is 0 Å². The molecular formula is C8H17NO2. The van der Waals surface area contributed by atoms with Crippen molar-refractivity contribution in [1.82, 2.24) is 5.32 Å². The lowest BCUT2D eigenvalue weighted by molar-refractivity contribution is -0.119.